The van der Waals surface area contributed by atoms with E-state index in [1.807, 2.05) is 37.0 Å². The number of methoxy groups -OCH3 is 1. The Bertz CT molecular complexity index is 1100. The number of thiazole rings is 1. The zero-order valence-corrected chi connectivity index (χ0v) is 22.0. The molecule has 1 fully saturated rings. The number of aliphatic carboxylic acids is 1. The van der Waals surface area contributed by atoms with Gasteiger partial charge in [-0.2, -0.15) is 0 Å². The van der Waals surface area contributed by atoms with Crippen LogP contribution in [-0.2, 0) is 4.79 Å². The third kappa shape index (κ3) is 6.94. The Balaban J connectivity index is 1.39. The van der Waals surface area contributed by atoms with Crippen molar-refractivity contribution in [3.8, 4) is 5.75 Å². The first-order chi connectivity index (χ1) is 17.1. The summed E-state index contributed by atoms with van der Waals surface area (Å²) in [6.07, 6.45) is 6.93. The smallest absolute Gasteiger partial charge is 0.303 e. The summed E-state index contributed by atoms with van der Waals surface area (Å²) in [5.41, 5.74) is 2.17. The summed E-state index contributed by atoms with van der Waals surface area (Å²) in [5, 5.41) is 16.2. The number of ether oxygens (including phenoxy) is 1. The normalized spacial score (nSPS) is 19.6. The van der Waals surface area contributed by atoms with E-state index in [1.54, 1.807) is 30.2 Å². The fourth-order valence-corrected chi connectivity index (χ4v) is 6.86. The second-order valence-corrected chi connectivity index (χ2v) is 11.3. The molecule has 4 rings (SSSR count). The number of pyridine rings is 1. The number of thioether (sulfide) groups is 1. The average Bonchev–Trinajstić information content (AvgIpc) is 3.38. The van der Waals surface area contributed by atoms with Crippen molar-refractivity contribution in [1.29, 1.82) is 0 Å². The van der Waals surface area contributed by atoms with Crippen molar-refractivity contribution in [2.45, 2.75) is 36.1 Å². The van der Waals surface area contributed by atoms with Crippen LogP contribution < -0.4 is 10.1 Å². The predicted octanol–water partition coefficient (Wildman–Crippen LogP) is 4.95. The topological polar surface area (TPSA) is 87.6 Å². The second kappa shape index (κ2) is 12.7. The average molecular weight is 515 g/mol. The van der Waals surface area contributed by atoms with Crippen LogP contribution in [0.3, 0.4) is 0 Å². The van der Waals surface area contributed by atoms with Crippen LogP contribution in [-0.4, -0.2) is 65.5 Å². The third-order valence-corrected chi connectivity index (χ3v) is 8.93. The maximum absolute atomic E-state index is 11.7. The van der Waals surface area contributed by atoms with Crippen molar-refractivity contribution in [3.05, 3.63) is 47.6 Å². The lowest BCUT2D eigenvalue weighted by Gasteiger charge is -2.38. The quantitative estimate of drug-likeness (QED) is 0.329. The van der Waals surface area contributed by atoms with Crippen LogP contribution in [0.5, 0.6) is 5.75 Å². The molecule has 1 aliphatic rings. The molecule has 0 radical (unpaired) electrons. The van der Waals surface area contributed by atoms with Crippen LogP contribution >= 0.6 is 23.1 Å². The molecule has 0 spiro atoms. The molecular weight excluding hydrogens is 480 g/mol. The minimum Gasteiger partial charge on any atom is -0.497 e. The number of carboxylic acids is 1. The van der Waals surface area contributed by atoms with E-state index in [-0.39, 0.29) is 18.4 Å². The first-order valence-corrected chi connectivity index (χ1v) is 14.0. The molecule has 35 heavy (non-hydrogen) atoms. The second-order valence-electron chi connectivity index (χ2n) is 9.06. The van der Waals surface area contributed by atoms with Crippen LogP contribution in [0.25, 0.3) is 10.9 Å². The summed E-state index contributed by atoms with van der Waals surface area (Å²) in [4.78, 5) is 22.9. The highest BCUT2D eigenvalue weighted by atomic mass is 32.2. The van der Waals surface area contributed by atoms with Crippen LogP contribution in [0.2, 0.25) is 0 Å². The lowest BCUT2D eigenvalue weighted by molar-refractivity contribution is -0.139. The van der Waals surface area contributed by atoms with Crippen molar-refractivity contribution < 1.29 is 14.6 Å². The molecule has 1 unspecified atom stereocenters. The number of rotatable bonds is 12. The molecule has 1 aliphatic heterocycles. The Morgan fingerprint density at radius 2 is 2.20 bits per heavy atom. The first kappa shape index (κ1) is 25.9. The fourth-order valence-electron chi connectivity index (χ4n) is 5.15. The lowest BCUT2D eigenvalue weighted by Crippen LogP contribution is -2.42. The standard InChI is InChI=1S/C26H34N4O3S2/c1-27-23(21-7-9-28-24-6-4-20(33-2)16-22(21)24)5-3-18-8-11-30(17-19(18)15-25(31)32)12-14-35-26-29-10-13-34-26/h4,6-7,9-10,13,16,18-19,23,27H,3,5,8,11-12,14-15,17H2,1-2H3,(H,31,32)/t18-,19+,23?/m1/s1. The van der Waals surface area contributed by atoms with E-state index in [9.17, 15) is 9.90 Å². The van der Waals surface area contributed by atoms with Crippen LogP contribution in [0, 0.1) is 11.8 Å². The summed E-state index contributed by atoms with van der Waals surface area (Å²) in [7, 11) is 3.67. The summed E-state index contributed by atoms with van der Waals surface area (Å²) < 4.78 is 6.54. The molecule has 3 aromatic rings. The van der Waals surface area contributed by atoms with Gasteiger partial charge in [0.25, 0.3) is 0 Å². The number of aromatic nitrogens is 2. The molecule has 0 saturated carbocycles. The Labute approximate surface area is 215 Å². The van der Waals surface area contributed by atoms with Crippen LogP contribution in [0.4, 0.5) is 0 Å². The number of nitrogens with zero attached hydrogens (tertiary/aromatic N) is 3. The number of hydrogen-bond acceptors (Lipinski definition) is 8. The molecule has 0 amide bonds. The molecule has 7 nitrogen and oxygen atoms in total. The van der Waals surface area contributed by atoms with Gasteiger partial charge in [-0.25, -0.2) is 4.98 Å². The lowest BCUT2D eigenvalue weighted by atomic mass is 9.79. The number of likely N-dealkylation sites (tertiary alicyclic amines) is 1. The highest BCUT2D eigenvalue weighted by molar-refractivity contribution is 8.01. The molecule has 0 aliphatic carbocycles. The van der Waals surface area contributed by atoms with Gasteiger partial charge in [-0.3, -0.25) is 9.78 Å². The number of fused-ring (bicyclic) bond motifs is 1. The van der Waals surface area contributed by atoms with Gasteiger partial charge in [0, 0.05) is 54.5 Å². The minimum absolute atomic E-state index is 0.172. The Morgan fingerprint density at radius 1 is 1.31 bits per heavy atom. The number of carbonyl (C=O) groups is 1. The Kier molecular flexibility index (Phi) is 9.37. The highest BCUT2D eigenvalue weighted by Crippen LogP contribution is 2.35. The third-order valence-electron chi connectivity index (χ3n) is 6.99. The molecule has 1 aromatic carbocycles. The van der Waals surface area contributed by atoms with Crippen molar-refractivity contribution in [2.24, 2.45) is 11.8 Å². The maximum atomic E-state index is 11.7. The van der Waals surface area contributed by atoms with Gasteiger partial charge in [-0.15, -0.1) is 11.3 Å². The Hall–Kier alpha value is -2.20. The maximum Gasteiger partial charge on any atom is 0.303 e. The fraction of sp³-hybridized carbons (Fsp3) is 0.500. The molecular formula is C26H34N4O3S2. The van der Waals surface area contributed by atoms with Gasteiger partial charge in [-0.05, 0) is 74.5 Å². The van der Waals surface area contributed by atoms with Gasteiger partial charge in [0.15, 0.2) is 0 Å². The van der Waals surface area contributed by atoms with Crippen molar-refractivity contribution >= 4 is 40.0 Å². The molecule has 1 saturated heterocycles. The van der Waals surface area contributed by atoms with Crippen LogP contribution in [0.1, 0.15) is 37.3 Å². The summed E-state index contributed by atoms with van der Waals surface area (Å²) in [6.45, 7) is 2.85. The minimum atomic E-state index is -0.698. The molecule has 3 atom stereocenters. The van der Waals surface area contributed by atoms with Gasteiger partial charge in [0.1, 0.15) is 10.1 Å². The summed E-state index contributed by atoms with van der Waals surface area (Å²) >= 11 is 3.45. The first-order valence-electron chi connectivity index (χ1n) is 12.1. The van der Waals surface area contributed by atoms with E-state index in [0.29, 0.717) is 5.92 Å². The zero-order valence-electron chi connectivity index (χ0n) is 20.4. The number of hydrogen-bond donors (Lipinski definition) is 2. The predicted molar refractivity (Wildman–Crippen MR) is 142 cm³/mol. The number of benzene rings is 1. The van der Waals surface area contributed by atoms with E-state index in [0.717, 1.165) is 65.6 Å². The molecule has 2 N–H and O–H groups in total. The van der Waals surface area contributed by atoms with Crippen molar-refractivity contribution in [2.75, 3.05) is 39.5 Å². The summed E-state index contributed by atoms with van der Waals surface area (Å²) in [5.74, 6) is 1.70. The van der Waals surface area contributed by atoms with Crippen LogP contribution in [0.15, 0.2) is 46.4 Å². The van der Waals surface area contributed by atoms with Gasteiger partial charge < -0.3 is 20.1 Å². The van der Waals surface area contributed by atoms with Crippen molar-refractivity contribution in [3.63, 3.8) is 0 Å². The number of nitrogens with one attached hydrogen (secondary N) is 1. The van der Waals surface area contributed by atoms with E-state index in [2.05, 4.69) is 32.3 Å². The van der Waals surface area contributed by atoms with Gasteiger partial charge in [0.05, 0.1) is 12.6 Å². The molecule has 2 aromatic heterocycles. The van der Waals surface area contributed by atoms with Gasteiger partial charge in [-0.1, -0.05) is 11.8 Å². The highest BCUT2D eigenvalue weighted by Gasteiger charge is 2.31. The van der Waals surface area contributed by atoms with E-state index in [1.165, 1.54) is 5.56 Å². The Morgan fingerprint density at radius 3 is 2.94 bits per heavy atom. The molecule has 0 bridgehead atoms. The van der Waals surface area contributed by atoms with E-state index < -0.39 is 5.97 Å². The number of piperidine rings is 1. The largest absolute Gasteiger partial charge is 0.497 e. The molecule has 188 valence electrons. The SMILES string of the molecule is CNC(CC[C@@H]1CCN(CCSc2nccs2)C[C@@H]1CC(=O)O)c1ccnc2ccc(OC)cc12. The van der Waals surface area contributed by atoms with E-state index >= 15 is 0 Å². The van der Waals surface area contributed by atoms with Gasteiger partial charge >= 0.3 is 5.97 Å². The molecule has 9 heteroatoms. The molecule has 3 heterocycles. The van der Waals surface area contributed by atoms with E-state index in [4.69, 9.17) is 4.74 Å². The monoisotopic (exact) mass is 514 g/mol. The number of carboxylic acid groups (broad SMARTS) is 1. The van der Waals surface area contributed by atoms with Gasteiger partial charge in [0.2, 0.25) is 0 Å². The van der Waals surface area contributed by atoms with Crippen molar-refractivity contribution in [1.82, 2.24) is 20.2 Å². The summed E-state index contributed by atoms with van der Waals surface area (Å²) in [6, 6.07) is 8.24. The zero-order chi connectivity index (χ0) is 24.6.